The number of nitrogen functional groups attached to an aromatic ring is 1. The largest absolute Gasteiger partial charge is 0.397 e. The van der Waals surface area contributed by atoms with E-state index in [0.717, 1.165) is 31.0 Å². The molecule has 3 heterocycles. The highest BCUT2D eigenvalue weighted by atomic mass is 15.3. The van der Waals surface area contributed by atoms with Gasteiger partial charge in [-0.3, -0.25) is 4.98 Å². The highest BCUT2D eigenvalue weighted by Gasteiger charge is 2.25. The van der Waals surface area contributed by atoms with Gasteiger partial charge in [0.25, 0.3) is 0 Å². The Morgan fingerprint density at radius 2 is 1.96 bits per heavy atom. The van der Waals surface area contributed by atoms with Gasteiger partial charge in [-0.2, -0.15) is 0 Å². The van der Waals surface area contributed by atoms with Crippen LogP contribution < -0.4 is 15.5 Å². The van der Waals surface area contributed by atoms with Gasteiger partial charge in [-0.1, -0.05) is 6.07 Å². The van der Waals surface area contributed by atoms with E-state index in [0.29, 0.717) is 11.7 Å². The average Bonchev–Trinajstić information content (AvgIpc) is 2.62. The molecule has 0 saturated carbocycles. The molecule has 5 heteroatoms. The molecule has 2 aromatic heterocycles. The number of fused-ring (bicyclic) bond motifs is 1. The molecular formula is C19H21N5. The van der Waals surface area contributed by atoms with Gasteiger partial charge in [-0.15, -0.1) is 0 Å². The smallest absolute Gasteiger partial charge is 0.128 e. The van der Waals surface area contributed by atoms with E-state index in [4.69, 9.17) is 5.73 Å². The summed E-state index contributed by atoms with van der Waals surface area (Å²) in [5.41, 5.74) is 8.76. The Hall–Kier alpha value is -2.82. The Bertz CT molecular complexity index is 841. The first kappa shape index (κ1) is 14.8. The second kappa shape index (κ2) is 6.00. The van der Waals surface area contributed by atoms with Crippen molar-refractivity contribution < 1.29 is 0 Å². The summed E-state index contributed by atoms with van der Waals surface area (Å²) in [6.45, 7) is 5.10. The number of piperazine rings is 1. The normalized spacial score (nSPS) is 18.1. The van der Waals surface area contributed by atoms with Gasteiger partial charge < -0.3 is 15.5 Å². The van der Waals surface area contributed by atoms with Crippen molar-refractivity contribution in [3.63, 3.8) is 0 Å². The lowest BCUT2D eigenvalue weighted by atomic mass is 10.1. The first-order valence-electron chi connectivity index (χ1n) is 8.29. The molecule has 5 nitrogen and oxygen atoms in total. The maximum Gasteiger partial charge on any atom is 0.128 e. The Balaban J connectivity index is 1.59. The lowest BCUT2D eigenvalue weighted by Gasteiger charge is -2.42. The van der Waals surface area contributed by atoms with E-state index in [2.05, 4.69) is 51.0 Å². The molecule has 0 aliphatic carbocycles. The first-order valence-corrected chi connectivity index (χ1v) is 8.29. The van der Waals surface area contributed by atoms with Crippen LogP contribution in [0.2, 0.25) is 0 Å². The summed E-state index contributed by atoms with van der Waals surface area (Å²) in [6, 6.07) is 14.8. The summed E-state index contributed by atoms with van der Waals surface area (Å²) in [7, 11) is 0. The van der Waals surface area contributed by atoms with Crippen LogP contribution in [0, 0.1) is 0 Å². The third kappa shape index (κ3) is 2.62. The van der Waals surface area contributed by atoms with Crippen LogP contribution in [-0.2, 0) is 0 Å². The average molecular weight is 319 g/mol. The van der Waals surface area contributed by atoms with Crippen molar-refractivity contribution in [2.45, 2.75) is 13.0 Å². The van der Waals surface area contributed by atoms with Crippen molar-refractivity contribution in [1.29, 1.82) is 0 Å². The number of benzene rings is 1. The van der Waals surface area contributed by atoms with Crippen molar-refractivity contribution in [2.75, 3.05) is 35.2 Å². The molecule has 122 valence electrons. The first-order chi connectivity index (χ1) is 11.7. The summed E-state index contributed by atoms with van der Waals surface area (Å²) in [4.78, 5) is 13.7. The number of rotatable bonds is 2. The van der Waals surface area contributed by atoms with E-state index in [1.807, 2.05) is 24.4 Å². The monoisotopic (exact) mass is 319 g/mol. The molecule has 1 aromatic carbocycles. The fourth-order valence-corrected chi connectivity index (χ4v) is 3.45. The number of nitrogens with two attached hydrogens (primary N) is 1. The number of hydrogen-bond acceptors (Lipinski definition) is 5. The van der Waals surface area contributed by atoms with Crippen LogP contribution in [0.4, 0.5) is 17.2 Å². The van der Waals surface area contributed by atoms with E-state index in [1.165, 1.54) is 11.1 Å². The summed E-state index contributed by atoms with van der Waals surface area (Å²) < 4.78 is 0. The Labute approximate surface area is 141 Å². The van der Waals surface area contributed by atoms with Crippen molar-refractivity contribution in [1.82, 2.24) is 9.97 Å². The minimum absolute atomic E-state index is 0.377. The highest BCUT2D eigenvalue weighted by molar-refractivity contribution is 5.91. The maximum absolute atomic E-state index is 5.75. The SMILES string of the molecule is CC1CN(c2cccc3ncccc23)CCN1c1ccc(N)cn1. The van der Waals surface area contributed by atoms with Crippen LogP contribution in [0.3, 0.4) is 0 Å². The minimum atomic E-state index is 0.377. The molecule has 3 aromatic rings. The number of hydrogen-bond donors (Lipinski definition) is 1. The van der Waals surface area contributed by atoms with Crippen LogP contribution >= 0.6 is 0 Å². The fraction of sp³-hybridized carbons (Fsp3) is 0.263. The molecule has 0 radical (unpaired) electrons. The van der Waals surface area contributed by atoms with E-state index >= 15 is 0 Å². The maximum atomic E-state index is 5.75. The highest BCUT2D eigenvalue weighted by Crippen LogP contribution is 2.28. The molecule has 1 fully saturated rings. The third-order valence-corrected chi connectivity index (χ3v) is 4.66. The number of nitrogens with zero attached hydrogens (tertiary/aromatic N) is 4. The molecule has 0 bridgehead atoms. The molecule has 1 saturated heterocycles. The van der Waals surface area contributed by atoms with Crippen LogP contribution in [0.25, 0.3) is 10.9 Å². The zero-order valence-corrected chi connectivity index (χ0v) is 13.8. The second-order valence-corrected chi connectivity index (χ2v) is 6.29. The number of pyridine rings is 2. The molecule has 1 atom stereocenters. The van der Waals surface area contributed by atoms with Crippen LogP contribution in [0.1, 0.15) is 6.92 Å². The van der Waals surface area contributed by atoms with Crippen LogP contribution in [-0.4, -0.2) is 35.6 Å². The van der Waals surface area contributed by atoms with Gasteiger partial charge >= 0.3 is 0 Å². The summed E-state index contributed by atoms with van der Waals surface area (Å²) in [5.74, 6) is 0.996. The standard InChI is InChI=1S/C19H21N5/c1-14-13-23(10-11-24(14)19-8-7-15(20)12-22-19)18-6-2-5-17-16(18)4-3-9-21-17/h2-9,12,14H,10-11,13,20H2,1H3. The van der Waals surface area contributed by atoms with E-state index in [-0.39, 0.29) is 0 Å². The number of anilines is 3. The zero-order chi connectivity index (χ0) is 16.5. The lowest BCUT2D eigenvalue weighted by Crippen LogP contribution is -2.52. The second-order valence-electron chi connectivity index (χ2n) is 6.29. The van der Waals surface area contributed by atoms with Gasteiger partial charge in [0.15, 0.2) is 0 Å². The van der Waals surface area contributed by atoms with Gasteiger partial charge in [-0.05, 0) is 43.3 Å². The van der Waals surface area contributed by atoms with Crippen LogP contribution in [0.5, 0.6) is 0 Å². The van der Waals surface area contributed by atoms with Crippen molar-refractivity contribution >= 4 is 28.1 Å². The molecule has 1 aliphatic heterocycles. The quantitative estimate of drug-likeness (QED) is 0.787. The predicted octanol–water partition coefficient (Wildman–Crippen LogP) is 2.93. The van der Waals surface area contributed by atoms with E-state index in [1.54, 1.807) is 6.20 Å². The fourth-order valence-electron chi connectivity index (χ4n) is 3.45. The van der Waals surface area contributed by atoms with Gasteiger partial charge in [0, 0.05) is 42.9 Å². The molecule has 24 heavy (non-hydrogen) atoms. The molecule has 4 rings (SSSR count). The zero-order valence-electron chi connectivity index (χ0n) is 13.8. The molecule has 0 amide bonds. The molecule has 1 unspecified atom stereocenters. The topological polar surface area (TPSA) is 58.3 Å². The van der Waals surface area contributed by atoms with Crippen molar-refractivity contribution in [3.05, 3.63) is 54.9 Å². The van der Waals surface area contributed by atoms with Gasteiger partial charge in [0.2, 0.25) is 0 Å². The lowest BCUT2D eigenvalue weighted by molar-refractivity contribution is 0.547. The number of aromatic nitrogens is 2. The summed E-state index contributed by atoms with van der Waals surface area (Å²) in [5, 5.41) is 1.21. The van der Waals surface area contributed by atoms with Crippen molar-refractivity contribution in [2.24, 2.45) is 0 Å². The summed E-state index contributed by atoms with van der Waals surface area (Å²) in [6.07, 6.45) is 3.57. The summed E-state index contributed by atoms with van der Waals surface area (Å²) >= 11 is 0. The van der Waals surface area contributed by atoms with Crippen molar-refractivity contribution in [3.8, 4) is 0 Å². The van der Waals surface area contributed by atoms with E-state index < -0.39 is 0 Å². The molecule has 0 spiro atoms. The molecular weight excluding hydrogens is 298 g/mol. The van der Waals surface area contributed by atoms with E-state index in [9.17, 15) is 0 Å². The van der Waals surface area contributed by atoms with Gasteiger partial charge in [0.05, 0.1) is 17.4 Å². The van der Waals surface area contributed by atoms with Gasteiger partial charge in [0.1, 0.15) is 5.82 Å². The van der Waals surface area contributed by atoms with Gasteiger partial charge in [-0.25, -0.2) is 4.98 Å². The Morgan fingerprint density at radius 3 is 2.75 bits per heavy atom. The molecule has 2 N–H and O–H groups in total. The van der Waals surface area contributed by atoms with Crippen LogP contribution in [0.15, 0.2) is 54.9 Å². The predicted molar refractivity (Wildman–Crippen MR) is 99.4 cm³/mol. The molecule has 1 aliphatic rings. The third-order valence-electron chi connectivity index (χ3n) is 4.66. The minimum Gasteiger partial charge on any atom is -0.397 e. The Kier molecular flexibility index (Phi) is 3.69. The Morgan fingerprint density at radius 1 is 1.04 bits per heavy atom.